The quantitative estimate of drug-likeness (QED) is 0.701. The maximum absolute atomic E-state index is 9.46. The average Bonchev–Trinajstić information content (AvgIpc) is 3.00. The molecular formula is C20H21N3OS. The normalized spacial score (nSPS) is 12.6. The third-order valence-corrected chi connectivity index (χ3v) is 5.12. The largest absolute Gasteiger partial charge is 0.508 e. The van der Waals surface area contributed by atoms with E-state index in [9.17, 15) is 5.11 Å². The first-order valence-corrected chi connectivity index (χ1v) is 8.93. The summed E-state index contributed by atoms with van der Waals surface area (Å²) >= 11 is 1.57. The predicted molar refractivity (Wildman–Crippen MR) is 104 cm³/mol. The van der Waals surface area contributed by atoms with Gasteiger partial charge in [0.25, 0.3) is 0 Å². The van der Waals surface area contributed by atoms with E-state index in [2.05, 4.69) is 42.4 Å². The summed E-state index contributed by atoms with van der Waals surface area (Å²) < 4.78 is 1.89. The molecular weight excluding hydrogens is 330 g/mol. The Morgan fingerprint density at radius 3 is 2.40 bits per heavy atom. The molecule has 0 aliphatic heterocycles. The van der Waals surface area contributed by atoms with Crippen LogP contribution in [0.25, 0.3) is 11.3 Å². The molecule has 0 atom stereocenters. The molecule has 0 saturated carbocycles. The van der Waals surface area contributed by atoms with E-state index in [1.54, 1.807) is 30.5 Å². The van der Waals surface area contributed by atoms with E-state index in [0.717, 1.165) is 27.3 Å². The second kappa shape index (κ2) is 7.07. The minimum absolute atomic E-state index is 0.250. The molecule has 1 N–H and O–H groups in total. The van der Waals surface area contributed by atoms with Gasteiger partial charge in [0.2, 0.25) is 4.80 Å². The molecule has 0 aliphatic carbocycles. The van der Waals surface area contributed by atoms with Gasteiger partial charge in [0, 0.05) is 18.0 Å². The lowest BCUT2D eigenvalue weighted by Crippen LogP contribution is -2.13. The van der Waals surface area contributed by atoms with Crippen molar-refractivity contribution < 1.29 is 5.11 Å². The Hall–Kier alpha value is -2.66. The Labute approximate surface area is 151 Å². The van der Waals surface area contributed by atoms with Crippen LogP contribution in [0.15, 0.2) is 57.9 Å². The third kappa shape index (κ3) is 3.56. The van der Waals surface area contributed by atoms with E-state index in [1.165, 1.54) is 11.1 Å². The number of hydrogen-bond acceptors (Lipinski definition) is 4. The minimum atomic E-state index is 0.250. The summed E-state index contributed by atoms with van der Waals surface area (Å²) in [5.74, 6) is 0.250. The summed E-state index contributed by atoms with van der Waals surface area (Å²) in [6, 6.07) is 13.5. The third-order valence-electron chi connectivity index (χ3n) is 4.21. The van der Waals surface area contributed by atoms with Crippen molar-refractivity contribution in [2.24, 2.45) is 10.1 Å². The molecule has 25 heavy (non-hydrogen) atoms. The van der Waals surface area contributed by atoms with Crippen LogP contribution in [0.2, 0.25) is 0 Å². The predicted octanol–water partition coefficient (Wildman–Crippen LogP) is 4.34. The van der Waals surface area contributed by atoms with Crippen LogP contribution in [0.4, 0.5) is 0 Å². The van der Waals surface area contributed by atoms with Crippen molar-refractivity contribution >= 4 is 17.0 Å². The van der Waals surface area contributed by atoms with Crippen molar-refractivity contribution in [2.75, 3.05) is 7.05 Å². The fourth-order valence-electron chi connectivity index (χ4n) is 2.56. The fourth-order valence-corrected chi connectivity index (χ4v) is 3.35. The number of hydrogen-bond donors (Lipinski definition) is 1. The maximum atomic E-state index is 9.46. The molecule has 0 amide bonds. The van der Waals surface area contributed by atoms with Gasteiger partial charge < -0.3 is 5.11 Å². The summed E-state index contributed by atoms with van der Waals surface area (Å²) in [5, 5.41) is 16.3. The first-order chi connectivity index (χ1) is 12.0. The molecule has 1 aromatic heterocycles. The Morgan fingerprint density at radius 1 is 1.04 bits per heavy atom. The van der Waals surface area contributed by atoms with Crippen molar-refractivity contribution in [1.29, 1.82) is 0 Å². The molecule has 0 saturated heterocycles. The molecule has 0 aliphatic rings. The van der Waals surface area contributed by atoms with Gasteiger partial charge in [-0.1, -0.05) is 12.1 Å². The summed E-state index contributed by atoms with van der Waals surface area (Å²) in [5.41, 5.74) is 6.49. The van der Waals surface area contributed by atoms with E-state index in [1.807, 2.05) is 23.7 Å². The van der Waals surface area contributed by atoms with Gasteiger partial charge >= 0.3 is 0 Å². The molecule has 1 heterocycles. The Balaban J connectivity index is 2.12. The van der Waals surface area contributed by atoms with Crippen LogP contribution < -0.4 is 4.80 Å². The molecule has 0 radical (unpaired) electrons. The molecule has 3 aromatic rings. The molecule has 0 bridgehead atoms. The number of aromatic nitrogens is 1. The van der Waals surface area contributed by atoms with Crippen LogP contribution in [0.5, 0.6) is 5.75 Å². The summed E-state index contributed by atoms with van der Waals surface area (Å²) in [6.45, 7) is 6.19. The van der Waals surface area contributed by atoms with Crippen LogP contribution in [0, 0.1) is 13.8 Å². The summed E-state index contributed by atoms with van der Waals surface area (Å²) in [4.78, 5) is 5.19. The Bertz CT molecular complexity index is 995. The van der Waals surface area contributed by atoms with E-state index in [0.29, 0.717) is 0 Å². The summed E-state index contributed by atoms with van der Waals surface area (Å²) in [7, 11) is 1.78. The number of benzene rings is 2. The van der Waals surface area contributed by atoms with Gasteiger partial charge in [0.15, 0.2) is 0 Å². The van der Waals surface area contributed by atoms with Crippen LogP contribution in [-0.2, 0) is 0 Å². The number of aromatic hydroxyl groups is 1. The van der Waals surface area contributed by atoms with E-state index in [4.69, 9.17) is 5.10 Å². The second-order valence-corrected chi connectivity index (χ2v) is 6.81. The highest BCUT2D eigenvalue weighted by molar-refractivity contribution is 7.07. The lowest BCUT2D eigenvalue weighted by Gasteiger charge is -2.08. The van der Waals surface area contributed by atoms with Gasteiger partial charge in [-0.05, 0) is 67.8 Å². The Kier molecular flexibility index (Phi) is 4.86. The molecule has 5 heteroatoms. The van der Waals surface area contributed by atoms with Crippen molar-refractivity contribution in [2.45, 2.75) is 20.8 Å². The zero-order chi connectivity index (χ0) is 18.0. The zero-order valence-corrected chi connectivity index (χ0v) is 15.6. The van der Waals surface area contributed by atoms with Gasteiger partial charge in [0.1, 0.15) is 5.75 Å². The van der Waals surface area contributed by atoms with Gasteiger partial charge in [-0.3, -0.25) is 4.99 Å². The van der Waals surface area contributed by atoms with Crippen LogP contribution in [0.1, 0.15) is 23.6 Å². The highest BCUT2D eigenvalue weighted by Gasteiger charge is 2.09. The lowest BCUT2D eigenvalue weighted by atomic mass is 10.1. The SMILES string of the molecule is CN=c1scc(-c2ccc(C)c(C)c2)n1N=C(C)c1ccc(O)cc1. The summed E-state index contributed by atoms with van der Waals surface area (Å²) in [6.07, 6.45) is 0. The van der Waals surface area contributed by atoms with Crippen LogP contribution >= 0.6 is 11.3 Å². The molecule has 128 valence electrons. The van der Waals surface area contributed by atoms with Crippen molar-refractivity contribution in [3.05, 3.63) is 69.3 Å². The fraction of sp³-hybridized carbons (Fsp3) is 0.200. The van der Waals surface area contributed by atoms with Crippen molar-refractivity contribution in [3.63, 3.8) is 0 Å². The molecule has 0 spiro atoms. The highest BCUT2D eigenvalue weighted by Crippen LogP contribution is 2.23. The van der Waals surface area contributed by atoms with Gasteiger partial charge in [-0.15, -0.1) is 11.3 Å². The first kappa shape index (κ1) is 17.2. The number of phenols is 1. The first-order valence-electron chi connectivity index (χ1n) is 8.05. The van der Waals surface area contributed by atoms with Crippen LogP contribution in [-0.4, -0.2) is 22.5 Å². The minimum Gasteiger partial charge on any atom is -0.508 e. The van der Waals surface area contributed by atoms with E-state index < -0.39 is 0 Å². The highest BCUT2D eigenvalue weighted by atomic mass is 32.1. The zero-order valence-electron chi connectivity index (χ0n) is 14.8. The number of phenolic OH excluding ortho intramolecular Hbond substituents is 1. The smallest absolute Gasteiger partial charge is 0.205 e. The van der Waals surface area contributed by atoms with Crippen molar-refractivity contribution in [3.8, 4) is 17.0 Å². The molecule has 0 unspecified atom stereocenters. The topological polar surface area (TPSA) is 49.9 Å². The van der Waals surface area contributed by atoms with E-state index >= 15 is 0 Å². The molecule has 0 fully saturated rings. The monoisotopic (exact) mass is 351 g/mol. The molecule has 3 rings (SSSR count). The number of thiazole rings is 1. The molecule has 2 aromatic carbocycles. The maximum Gasteiger partial charge on any atom is 0.205 e. The van der Waals surface area contributed by atoms with Crippen LogP contribution in [0.3, 0.4) is 0 Å². The van der Waals surface area contributed by atoms with Gasteiger partial charge in [-0.2, -0.15) is 5.10 Å². The van der Waals surface area contributed by atoms with Crippen molar-refractivity contribution in [1.82, 2.24) is 4.68 Å². The Morgan fingerprint density at radius 2 is 1.76 bits per heavy atom. The number of aryl methyl sites for hydroxylation is 2. The lowest BCUT2D eigenvalue weighted by molar-refractivity contribution is 0.475. The van der Waals surface area contributed by atoms with E-state index in [-0.39, 0.29) is 5.75 Å². The number of nitrogens with zero attached hydrogens (tertiary/aromatic N) is 3. The standard InChI is InChI=1S/C20H21N3OS/c1-13-5-6-17(11-14(13)2)19-12-25-20(21-4)23(19)22-15(3)16-7-9-18(24)10-8-16/h5-12,24H,1-4H3. The van der Waals surface area contributed by atoms with Gasteiger partial charge in [-0.25, -0.2) is 4.68 Å². The number of rotatable bonds is 3. The van der Waals surface area contributed by atoms with Gasteiger partial charge in [0.05, 0.1) is 11.4 Å². The average molecular weight is 351 g/mol. The molecule has 4 nitrogen and oxygen atoms in total. The second-order valence-electron chi connectivity index (χ2n) is 5.97.